The summed E-state index contributed by atoms with van der Waals surface area (Å²) >= 11 is 0. The molecular weight excluding hydrogens is 300 g/mol. The smallest absolute Gasteiger partial charge is 0.279 e. The summed E-state index contributed by atoms with van der Waals surface area (Å²) in [6.07, 6.45) is 3.37. The maximum Gasteiger partial charge on any atom is 0.279 e. The first-order valence-electron chi connectivity index (χ1n) is 6.86. The van der Waals surface area contributed by atoms with Crippen LogP contribution < -0.4 is 0 Å². The van der Waals surface area contributed by atoms with Crippen molar-refractivity contribution in [2.75, 3.05) is 6.54 Å². The summed E-state index contributed by atoms with van der Waals surface area (Å²) in [5, 5.41) is 4.24. The summed E-state index contributed by atoms with van der Waals surface area (Å²) < 4.78 is 31.9. The number of allylic oxidation sites excluding steroid dienone is 1. The molecule has 1 aromatic carbocycles. The second-order valence-corrected chi connectivity index (χ2v) is 7.09. The molecule has 0 bridgehead atoms. The van der Waals surface area contributed by atoms with E-state index >= 15 is 0 Å². The van der Waals surface area contributed by atoms with Gasteiger partial charge < -0.3 is 4.42 Å². The number of nitrogens with zero attached hydrogens (tertiary/aromatic N) is 2. The summed E-state index contributed by atoms with van der Waals surface area (Å²) in [6.45, 7) is 4.02. The molecule has 22 heavy (non-hydrogen) atoms. The molecule has 5 nitrogen and oxygen atoms in total. The van der Waals surface area contributed by atoms with E-state index in [1.54, 1.807) is 36.4 Å². The second-order valence-electron chi connectivity index (χ2n) is 5.25. The normalized spacial score (nSPS) is 15.5. The Labute approximate surface area is 129 Å². The van der Waals surface area contributed by atoms with Gasteiger partial charge in [0.2, 0.25) is 0 Å². The van der Waals surface area contributed by atoms with Crippen molar-refractivity contribution in [2.24, 2.45) is 5.10 Å². The van der Waals surface area contributed by atoms with Crippen LogP contribution in [0.5, 0.6) is 0 Å². The van der Waals surface area contributed by atoms with Gasteiger partial charge in [-0.3, -0.25) is 0 Å². The van der Waals surface area contributed by atoms with E-state index in [0.717, 1.165) is 15.6 Å². The van der Waals surface area contributed by atoms with Gasteiger partial charge in [0.05, 0.1) is 17.7 Å². The van der Waals surface area contributed by atoms with Crippen molar-refractivity contribution in [1.82, 2.24) is 4.41 Å². The van der Waals surface area contributed by atoms with E-state index in [1.807, 2.05) is 19.9 Å². The van der Waals surface area contributed by atoms with Crippen molar-refractivity contribution < 1.29 is 12.8 Å². The lowest BCUT2D eigenvalue weighted by molar-refractivity contribution is 0.449. The van der Waals surface area contributed by atoms with Gasteiger partial charge in [0.15, 0.2) is 5.76 Å². The molecule has 0 saturated carbocycles. The Morgan fingerprint density at radius 2 is 1.86 bits per heavy atom. The average Bonchev–Trinajstić information content (AvgIpc) is 3.01. The molecule has 114 valence electrons. The van der Waals surface area contributed by atoms with Gasteiger partial charge in [0.25, 0.3) is 10.0 Å². The van der Waals surface area contributed by atoms with Gasteiger partial charge in [-0.15, -0.1) is 0 Å². The SMILES string of the molecule is CC1=CC(c2ccco2)=NN(S(=O)(=O)c2ccc(C)cc2)C1. The fourth-order valence-corrected chi connectivity index (χ4v) is 3.48. The molecule has 2 heterocycles. The van der Waals surface area contributed by atoms with Crippen LogP contribution in [0.25, 0.3) is 0 Å². The van der Waals surface area contributed by atoms with Crippen LogP contribution in [0.4, 0.5) is 0 Å². The quantitative estimate of drug-likeness (QED) is 0.874. The first-order chi connectivity index (χ1) is 10.5. The Morgan fingerprint density at radius 1 is 1.14 bits per heavy atom. The molecule has 0 amide bonds. The molecule has 1 aliphatic rings. The van der Waals surface area contributed by atoms with E-state index < -0.39 is 10.0 Å². The molecular formula is C16H16N2O3S. The fraction of sp³-hybridized carbons (Fsp3) is 0.188. The Balaban J connectivity index is 2.00. The van der Waals surface area contributed by atoms with Crippen molar-refractivity contribution in [3.05, 3.63) is 65.6 Å². The number of sulfonamides is 1. The van der Waals surface area contributed by atoms with Crippen molar-refractivity contribution in [3.63, 3.8) is 0 Å². The van der Waals surface area contributed by atoms with Crippen molar-refractivity contribution in [1.29, 1.82) is 0 Å². The van der Waals surface area contributed by atoms with Crippen molar-refractivity contribution in [3.8, 4) is 0 Å². The standard InChI is InChI=1S/C16H16N2O3S/c1-12-5-7-14(8-6-12)22(19,20)18-11-13(2)10-15(17-18)16-4-3-9-21-16/h3-10H,11H2,1-2H3. The summed E-state index contributed by atoms with van der Waals surface area (Å²) in [5.41, 5.74) is 2.41. The Morgan fingerprint density at radius 3 is 2.50 bits per heavy atom. The van der Waals surface area contributed by atoms with Gasteiger partial charge in [-0.25, -0.2) is 0 Å². The minimum Gasteiger partial charge on any atom is -0.463 e. The zero-order valence-corrected chi connectivity index (χ0v) is 13.2. The minimum absolute atomic E-state index is 0.232. The van der Waals surface area contributed by atoms with E-state index in [1.165, 1.54) is 6.26 Å². The first-order valence-corrected chi connectivity index (χ1v) is 8.30. The third-order valence-electron chi connectivity index (χ3n) is 3.36. The van der Waals surface area contributed by atoms with E-state index in [2.05, 4.69) is 5.10 Å². The maximum atomic E-state index is 12.7. The van der Waals surface area contributed by atoms with Gasteiger partial charge in [0.1, 0.15) is 5.71 Å². The summed E-state index contributed by atoms with van der Waals surface area (Å²) in [6, 6.07) is 10.2. The molecule has 0 aliphatic carbocycles. The number of benzene rings is 1. The zero-order valence-electron chi connectivity index (χ0n) is 12.4. The van der Waals surface area contributed by atoms with Gasteiger partial charge in [-0.05, 0) is 49.8 Å². The van der Waals surface area contributed by atoms with Crippen LogP contribution in [0.3, 0.4) is 0 Å². The first kappa shape index (κ1) is 14.6. The van der Waals surface area contributed by atoms with Gasteiger partial charge in [-0.2, -0.15) is 17.9 Å². The van der Waals surface area contributed by atoms with E-state index in [9.17, 15) is 8.42 Å². The molecule has 0 atom stereocenters. The fourth-order valence-electron chi connectivity index (χ4n) is 2.19. The lowest BCUT2D eigenvalue weighted by Gasteiger charge is -2.23. The zero-order chi connectivity index (χ0) is 15.7. The van der Waals surface area contributed by atoms with E-state index in [-0.39, 0.29) is 11.4 Å². The molecule has 1 aliphatic heterocycles. The molecule has 2 aromatic rings. The Kier molecular flexibility index (Phi) is 3.62. The van der Waals surface area contributed by atoms with Crippen LogP contribution in [0.15, 0.2) is 68.7 Å². The third-order valence-corrected chi connectivity index (χ3v) is 4.99. The Hall–Kier alpha value is -2.34. The largest absolute Gasteiger partial charge is 0.463 e. The van der Waals surface area contributed by atoms with E-state index in [4.69, 9.17) is 4.42 Å². The van der Waals surface area contributed by atoms with Crippen LogP contribution >= 0.6 is 0 Å². The third kappa shape index (κ3) is 2.69. The topological polar surface area (TPSA) is 62.9 Å². The molecule has 0 fully saturated rings. The van der Waals surface area contributed by atoms with Gasteiger partial charge in [0, 0.05) is 0 Å². The molecule has 0 unspecified atom stereocenters. The highest BCUT2D eigenvalue weighted by atomic mass is 32.2. The van der Waals surface area contributed by atoms with Crippen LogP contribution in [0.2, 0.25) is 0 Å². The minimum atomic E-state index is -3.67. The van der Waals surface area contributed by atoms with Crippen molar-refractivity contribution in [2.45, 2.75) is 18.7 Å². The van der Waals surface area contributed by atoms with Gasteiger partial charge >= 0.3 is 0 Å². The molecule has 0 saturated heterocycles. The highest BCUT2D eigenvalue weighted by molar-refractivity contribution is 7.89. The molecule has 0 radical (unpaired) electrons. The van der Waals surface area contributed by atoms with Crippen LogP contribution in [-0.4, -0.2) is 25.1 Å². The Bertz CT molecular complexity index is 832. The summed E-state index contributed by atoms with van der Waals surface area (Å²) in [5.74, 6) is 0.545. The van der Waals surface area contributed by atoms with Crippen LogP contribution in [0, 0.1) is 6.92 Å². The molecule has 3 rings (SSSR count). The number of aryl methyl sites for hydroxylation is 1. The molecule has 0 N–H and O–H groups in total. The van der Waals surface area contributed by atoms with Gasteiger partial charge in [-0.1, -0.05) is 17.7 Å². The predicted molar refractivity (Wildman–Crippen MR) is 84.1 cm³/mol. The number of hydrogen-bond donors (Lipinski definition) is 0. The lowest BCUT2D eigenvalue weighted by atomic mass is 10.2. The number of furan rings is 1. The summed E-state index contributed by atoms with van der Waals surface area (Å²) in [7, 11) is -3.67. The summed E-state index contributed by atoms with van der Waals surface area (Å²) in [4.78, 5) is 0.232. The number of hydrogen-bond acceptors (Lipinski definition) is 4. The highest BCUT2D eigenvalue weighted by Crippen LogP contribution is 2.22. The number of rotatable bonds is 3. The van der Waals surface area contributed by atoms with Crippen molar-refractivity contribution >= 4 is 15.7 Å². The highest BCUT2D eigenvalue weighted by Gasteiger charge is 2.26. The predicted octanol–water partition coefficient (Wildman–Crippen LogP) is 2.94. The molecule has 0 spiro atoms. The lowest BCUT2D eigenvalue weighted by Crippen LogP contribution is -2.31. The number of hydrazone groups is 1. The molecule has 1 aromatic heterocycles. The van der Waals surface area contributed by atoms with Crippen LogP contribution in [-0.2, 0) is 10.0 Å². The second kappa shape index (κ2) is 5.46. The monoisotopic (exact) mass is 316 g/mol. The van der Waals surface area contributed by atoms with E-state index in [0.29, 0.717) is 11.5 Å². The maximum absolute atomic E-state index is 12.7. The van der Waals surface area contributed by atoms with Crippen LogP contribution in [0.1, 0.15) is 18.2 Å². The average molecular weight is 316 g/mol. The molecule has 6 heteroatoms.